The van der Waals surface area contributed by atoms with Crippen molar-refractivity contribution in [3.05, 3.63) is 64.3 Å². The summed E-state index contributed by atoms with van der Waals surface area (Å²) in [5.74, 6) is 0.0452. The average molecular weight is 407 g/mol. The maximum absolute atomic E-state index is 12.0. The Morgan fingerprint density at radius 1 is 1.27 bits per heavy atom. The van der Waals surface area contributed by atoms with Gasteiger partial charge in [-0.25, -0.2) is 4.79 Å². The quantitative estimate of drug-likeness (QED) is 0.569. The van der Waals surface area contributed by atoms with Gasteiger partial charge in [-0.3, -0.25) is 4.90 Å². The van der Waals surface area contributed by atoms with Crippen LogP contribution in [0.25, 0.3) is 10.9 Å². The lowest BCUT2D eigenvalue weighted by Crippen LogP contribution is -2.34. The van der Waals surface area contributed by atoms with Crippen molar-refractivity contribution in [2.24, 2.45) is 0 Å². The number of methoxy groups -OCH3 is 1. The molecule has 1 atom stereocenters. The molecule has 1 fully saturated rings. The van der Waals surface area contributed by atoms with Crippen LogP contribution in [0.5, 0.6) is 5.75 Å². The number of fused-ring (bicyclic) bond motifs is 1. The van der Waals surface area contributed by atoms with E-state index >= 15 is 0 Å². The molecular formula is C25H30N2O3. The van der Waals surface area contributed by atoms with Crippen LogP contribution >= 0.6 is 0 Å². The molecule has 158 valence electrons. The number of aromatic carboxylic acids is 1. The van der Waals surface area contributed by atoms with Crippen LogP contribution in [0.15, 0.2) is 36.5 Å². The van der Waals surface area contributed by atoms with E-state index in [1.54, 1.807) is 13.2 Å². The summed E-state index contributed by atoms with van der Waals surface area (Å²) >= 11 is 0. The van der Waals surface area contributed by atoms with Gasteiger partial charge in [0.25, 0.3) is 0 Å². The first-order chi connectivity index (χ1) is 14.5. The standard InChI is InChI=1S/C25H30N2O3/c1-4-17-8-9-19(25(28)29)20(14-17)22-7-5-6-12-27(22)15-21-18-10-11-26-24(18)16(2)13-23(21)30-3/h8-11,13-14,22,26H,4-7,12,15H2,1-3H3,(H,28,29). The molecule has 0 spiro atoms. The van der Waals surface area contributed by atoms with Gasteiger partial charge in [-0.15, -0.1) is 0 Å². The first-order valence-electron chi connectivity index (χ1n) is 10.8. The number of nitrogens with zero attached hydrogens (tertiary/aromatic N) is 1. The van der Waals surface area contributed by atoms with E-state index in [9.17, 15) is 9.90 Å². The number of hydrogen-bond acceptors (Lipinski definition) is 3. The number of carboxylic acids is 1. The molecule has 4 rings (SSSR count). The minimum Gasteiger partial charge on any atom is -0.496 e. The number of H-pyrrole nitrogens is 1. The first-order valence-corrected chi connectivity index (χ1v) is 10.8. The van der Waals surface area contributed by atoms with Crippen molar-refractivity contribution < 1.29 is 14.6 Å². The maximum atomic E-state index is 12.0. The first kappa shape index (κ1) is 20.5. The van der Waals surface area contributed by atoms with Gasteiger partial charge in [0.1, 0.15) is 5.75 Å². The zero-order chi connectivity index (χ0) is 21.3. The number of rotatable bonds is 6. The highest BCUT2D eigenvalue weighted by molar-refractivity contribution is 5.90. The van der Waals surface area contributed by atoms with Crippen LogP contribution in [0.4, 0.5) is 0 Å². The molecule has 2 aromatic carbocycles. The Hall–Kier alpha value is -2.79. The molecule has 0 radical (unpaired) electrons. The van der Waals surface area contributed by atoms with Crippen molar-refractivity contribution in [1.29, 1.82) is 0 Å². The number of aromatic nitrogens is 1. The van der Waals surface area contributed by atoms with Crippen LogP contribution in [0.3, 0.4) is 0 Å². The average Bonchev–Trinajstić information content (AvgIpc) is 3.26. The van der Waals surface area contributed by atoms with Crippen molar-refractivity contribution >= 4 is 16.9 Å². The number of carbonyl (C=O) groups is 1. The summed E-state index contributed by atoms with van der Waals surface area (Å²) in [5, 5.41) is 11.0. The Morgan fingerprint density at radius 2 is 2.10 bits per heavy atom. The third-order valence-electron chi connectivity index (χ3n) is 6.42. The molecule has 1 aliphatic heterocycles. The van der Waals surface area contributed by atoms with Crippen LogP contribution < -0.4 is 4.74 Å². The normalized spacial score (nSPS) is 17.4. The number of aromatic amines is 1. The molecule has 0 saturated carbocycles. The van der Waals surface area contributed by atoms with Crippen molar-refractivity contribution in [3.63, 3.8) is 0 Å². The van der Waals surface area contributed by atoms with Gasteiger partial charge in [-0.05, 0) is 67.6 Å². The van der Waals surface area contributed by atoms with Gasteiger partial charge >= 0.3 is 5.97 Å². The largest absolute Gasteiger partial charge is 0.496 e. The summed E-state index contributed by atoms with van der Waals surface area (Å²) in [6, 6.07) is 10.1. The molecule has 2 heterocycles. The number of carboxylic acid groups (broad SMARTS) is 1. The van der Waals surface area contributed by atoms with Gasteiger partial charge < -0.3 is 14.8 Å². The number of ether oxygens (including phenoxy) is 1. The number of likely N-dealkylation sites (tertiary alicyclic amines) is 1. The van der Waals surface area contributed by atoms with Crippen LogP contribution in [-0.2, 0) is 13.0 Å². The summed E-state index contributed by atoms with van der Waals surface area (Å²) in [4.78, 5) is 17.7. The summed E-state index contributed by atoms with van der Waals surface area (Å²) < 4.78 is 5.75. The van der Waals surface area contributed by atoms with Gasteiger partial charge in [0.15, 0.2) is 0 Å². The molecular weight excluding hydrogens is 376 g/mol. The minimum atomic E-state index is -0.848. The molecule has 1 unspecified atom stereocenters. The molecule has 2 N–H and O–H groups in total. The van der Waals surface area contributed by atoms with Gasteiger partial charge in [-0.2, -0.15) is 0 Å². The molecule has 0 bridgehead atoms. The zero-order valence-corrected chi connectivity index (χ0v) is 18.0. The van der Waals surface area contributed by atoms with Crippen molar-refractivity contribution in [3.8, 4) is 5.75 Å². The Kier molecular flexibility index (Phi) is 5.82. The second-order valence-corrected chi connectivity index (χ2v) is 8.20. The molecule has 30 heavy (non-hydrogen) atoms. The van der Waals surface area contributed by atoms with Gasteiger partial charge in [-0.1, -0.05) is 25.5 Å². The Morgan fingerprint density at radius 3 is 2.83 bits per heavy atom. The zero-order valence-electron chi connectivity index (χ0n) is 18.0. The second kappa shape index (κ2) is 8.52. The molecule has 1 aromatic heterocycles. The predicted molar refractivity (Wildman–Crippen MR) is 119 cm³/mol. The summed E-state index contributed by atoms with van der Waals surface area (Å²) in [5.41, 5.74) is 6.01. The van der Waals surface area contributed by atoms with Gasteiger partial charge in [0.05, 0.1) is 12.7 Å². The third kappa shape index (κ3) is 3.70. The Balaban J connectivity index is 1.77. The SMILES string of the molecule is CCc1ccc(C(=O)O)c(C2CCCCN2Cc2c(OC)cc(C)c3[nH]ccc23)c1. The smallest absolute Gasteiger partial charge is 0.336 e. The van der Waals surface area contributed by atoms with Crippen molar-refractivity contribution in [1.82, 2.24) is 9.88 Å². The fourth-order valence-corrected chi connectivity index (χ4v) is 4.82. The second-order valence-electron chi connectivity index (χ2n) is 8.20. The van der Waals surface area contributed by atoms with Crippen molar-refractivity contribution in [2.45, 2.75) is 52.1 Å². The number of benzene rings is 2. The van der Waals surface area contributed by atoms with Crippen LogP contribution in [0.2, 0.25) is 0 Å². The van der Waals surface area contributed by atoms with Crippen LogP contribution in [0, 0.1) is 6.92 Å². The maximum Gasteiger partial charge on any atom is 0.336 e. The molecule has 3 aromatic rings. The molecule has 5 nitrogen and oxygen atoms in total. The van der Waals surface area contributed by atoms with Gasteiger partial charge in [0.2, 0.25) is 0 Å². The molecule has 1 saturated heterocycles. The number of nitrogens with one attached hydrogen (secondary N) is 1. The predicted octanol–water partition coefficient (Wildman–Crippen LogP) is 5.47. The van der Waals surface area contributed by atoms with Crippen molar-refractivity contribution in [2.75, 3.05) is 13.7 Å². The van der Waals surface area contributed by atoms with E-state index in [2.05, 4.69) is 41.9 Å². The summed E-state index contributed by atoms with van der Waals surface area (Å²) in [7, 11) is 1.72. The van der Waals surface area contributed by atoms with E-state index < -0.39 is 5.97 Å². The minimum absolute atomic E-state index is 0.0938. The molecule has 1 aliphatic rings. The highest BCUT2D eigenvalue weighted by Gasteiger charge is 2.29. The fraction of sp³-hybridized carbons (Fsp3) is 0.400. The van der Waals surface area contributed by atoms with Gasteiger partial charge in [0, 0.05) is 35.2 Å². The van der Waals surface area contributed by atoms with E-state index in [0.29, 0.717) is 5.56 Å². The van der Waals surface area contributed by atoms with Crippen LogP contribution in [0.1, 0.15) is 64.8 Å². The third-order valence-corrected chi connectivity index (χ3v) is 6.42. The highest BCUT2D eigenvalue weighted by Crippen LogP contribution is 2.38. The molecule has 0 amide bonds. The lowest BCUT2D eigenvalue weighted by molar-refractivity contribution is 0.0689. The fourth-order valence-electron chi connectivity index (χ4n) is 4.82. The monoisotopic (exact) mass is 406 g/mol. The number of piperidine rings is 1. The summed E-state index contributed by atoms with van der Waals surface area (Å²) in [6.45, 7) is 5.88. The van der Waals surface area contributed by atoms with E-state index in [-0.39, 0.29) is 6.04 Å². The highest BCUT2D eigenvalue weighted by atomic mass is 16.5. The number of aryl methyl sites for hydroxylation is 2. The molecule has 0 aliphatic carbocycles. The lowest BCUT2D eigenvalue weighted by atomic mass is 9.89. The van der Waals surface area contributed by atoms with E-state index in [1.165, 1.54) is 10.9 Å². The Bertz CT molecular complexity index is 1070. The Labute approximate surface area is 177 Å². The topological polar surface area (TPSA) is 65.6 Å². The number of hydrogen-bond donors (Lipinski definition) is 2. The lowest BCUT2D eigenvalue weighted by Gasteiger charge is -2.37. The van der Waals surface area contributed by atoms with E-state index in [1.807, 2.05) is 12.3 Å². The van der Waals surface area contributed by atoms with E-state index in [0.717, 1.165) is 66.7 Å². The van der Waals surface area contributed by atoms with Crippen LogP contribution in [-0.4, -0.2) is 34.6 Å². The van der Waals surface area contributed by atoms with E-state index in [4.69, 9.17) is 4.74 Å². The summed E-state index contributed by atoms with van der Waals surface area (Å²) in [6.07, 6.45) is 6.08. The molecule has 5 heteroatoms.